The maximum atomic E-state index is 13.1. The first-order valence-corrected chi connectivity index (χ1v) is 8.96. The molecule has 6 nitrogen and oxygen atoms in total. The minimum Gasteiger partial charge on any atom is -0.362 e. The number of carbonyl (C=O) groups is 1. The number of aromatic amines is 1. The molecule has 0 unspecified atom stereocenters. The number of nitrogens with one attached hydrogen (secondary N) is 1. The topological polar surface area (TPSA) is 71.0 Å². The minimum atomic E-state index is -0.187. The summed E-state index contributed by atoms with van der Waals surface area (Å²) in [6.07, 6.45) is 7.76. The molecule has 3 rings (SSSR count). The maximum Gasteiger partial charge on any atom is 0.259 e. The van der Waals surface area contributed by atoms with Crippen molar-refractivity contribution in [3.63, 3.8) is 0 Å². The summed E-state index contributed by atoms with van der Waals surface area (Å²) in [4.78, 5) is 34.7. The van der Waals surface area contributed by atoms with Gasteiger partial charge in [0.05, 0.1) is 0 Å². The second-order valence-electron chi connectivity index (χ2n) is 6.92. The predicted molar refractivity (Wildman–Crippen MR) is 96.8 cm³/mol. The normalized spacial score (nSPS) is 17.7. The van der Waals surface area contributed by atoms with E-state index in [0.717, 1.165) is 50.3 Å². The molecule has 0 aromatic carbocycles. The first kappa shape index (κ1) is 17.5. The van der Waals surface area contributed by atoms with E-state index in [1.165, 1.54) is 6.07 Å². The van der Waals surface area contributed by atoms with E-state index in [1.54, 1.807) is 13.1 Å². The van der Waals surface area contributed by atoms with E-state index < -0.39 is 0 Å². The number of nitrogens with zero attached hydrogens (tertiary/aromatic N) is 3. The van der Waals surface area contributed by atoms with E-state index >= 15 is 0 Å². The molecular weight excluding hydrogens is 316 g/mol. The van der Waals surface area contributed by atoms with Crippen LogP contribution in [-0.4, -0.2) is 37.9 Å². The van der Waals surface area contributed by atoms with Crippen LogP contribution in [0, 0.1) is 20.8 Å². The van der Waals surface area contributed by atoms with Crippen molar-refractivity contribution in [2.24, 2.45) is 0 Å². The van der Waals surface area contributed by atoms with Gasteiger partial charge in [-0.25, -0.2) is 4.98 Å². The first-order chi connectivity index (χ1) is 12.0. The molecule has 1 aliphatic heterocycles. The average Bonchev–Trinajstić information content (AvgIpc) is 2.97. The highest BCUT2D eigenvalue weighted by atomic mass is 16.2. The van der Waals surface area contributed by atoms with Crippen molar-refractivity contribution in [2.45, 2.75) is 59.0 Å². The fourth-order valence-electron chi connectivity index (χ4n) is 3.75. The summed E-state index contributed by atoms with van der Waals surface area (Å²) in [5.74, 6) is 0.852. The molecule has 2 aromatic heterocycles. The van der Waals surface area contributed by atoms with Gasteiger partial charge in [-0.3, -0.25) is 9.59 Å². The van der Waals surface area contributed by atoms with Crippen LogP contribution in [-0.2, 0) is 6.54 Å². The zero-order valence-electron chi connectivity index (χ0n) is 15.2. The summed E-state index contributed by atoms with van der Waals surface area (Å²) in [6.45, 7) is 7.18. The van der Waals surface area contributed by atoms with E-state index in [4.69, 9.17) is 0 Å². The van der Waals surface area contributed by atoms with Gasteiger partial charge in [0.25, 0.3) is 5.91 Å². The lowest BCUT2D eigenvalue weighted by Crippen LogP contribution is -2.46. The highest BCUT2D eigenvalue weighted by Crippen LogP contribution is 2.22. The lowest BCUT2D eigenvalue weighted by atomic mass is 9.97. The molecule has 25 heavy (non-hydrogen) atoms. The van der Waals surface area contributed by atoms with Crippen LogP contribution in [0.4, 0.5) is 0 Å². The van der Waals surface area contributed by atoms with Crippen LogP contribution in [0.25, 0.3) is 0 Å². The molecule has 6 heteroatoms. The number of rotatable bonds is 4. The van der Waals surface area contributed by atoms with E-state index in [-0.39, 0.29) is 22.9 Å². The van der Waals surface area contributed by atoms with Gasteiger partial charge >= 0.3 is 0 Å². The summed E-state index contributed by atoms with van der Waals surface area (Å²) in [6, 6.07) is 1.68. The Hall–Kier alpha value is -2.37. The molecule has 1 aliphatic rings. The van der Waals surface area contributed by atoms with Crippen molar-refractivity contribution >= 4 is 5.91 Å². The Balaban J connectivity index is 1.80. The molecule has 0 saturated carbocycles. The van der Waals surface area contributed by atoms with Gasteiger partial charge in [0.1, 0.15) is 11.4 Å². The number of carbonyl (C=O) groups excluding carboxylic acids is 1. The standard InChI is InChI=1S/C19H26N4O2/c1-13-12-17(24)18(14(2)21-13)19(25)23-9-5-4-6-16(23)7-10-22-11-8-20-15(22)3/h8,11-12,16H,4-7,9-10H2,1-3H3,(H,21,24)/t16-/m0/s1. The molecule has 134 valence electrons. The van der Waals surface area contributed by atoms with Crippen LogP contribution in [0.5, 0.6) is 0 Å². The molecular formula is C19H26N4O2. The largest absolute Gasteiger partial charge is 0.362 e. The van der Waals surface area contributed by atoms with Crippen LogP contribution >= 0.6 is 0 Å². The number of amides is 1. The minimum absolute atomic E-state index is 0.134. The van der Waals surface area contributed by atoms with Crippen LogP contribution in [0.15, 0.2) is 23.3 Å². The molecule has 1 atom stereocenters. The van der Waals surface area contributed by atoms with Crippen LogP contribution < -0.4 is 5.43 Å². The summed E-state index contributed by atoms with van der Waals surface area (Å²) >= 11 is 0. The number of hydrogen-bond acceptors (Lipinski definition) is 3. The number of hydrogen-bond donors (Lipinski definition) is 1. The Morgan fingerprint density at radius 2 is 2.12 bits per heavy atom. The van der Waals surface area contributed by atoms with Gasteiger partial charge in [-0.2, -0.15) is 0 Å². The fraction of sp³-hybridized carbons (Fsp3) is 0.526. The van der Waals surface area contributed by atoms with Crippen LogP contribution in [0.2, 0.25) is 0 Å². The van der Waals surface area contributed by atoms with E-state index in [0.29, 0.717) is 5.69 Å². The third-order valence-corrected chi connectivity index (χ3v) is 5.08. The Morgan fingerprint density at radius 3 is 2.80 bits per heavy atom. The van der Waals surface area contributed by atoms with E-state index in [1.807, 2.05) is 24.9 Å². The molecule has 1 N–H and O–H groups in total. The maximum absolute atomic E-state index is 13.1. The van der Waals surface area contributed by atoms with Gasteiger partial charge in [0, 0.05) is 49.0 Å². The van der Waals surface area contributed by atoms with Crippen LogP contribution in [0.3, 0.4) is 0 Å². The smallest absolute Gasteiger partial charge is 0.259 e. The second kappa shape index (κ2) is 7.25. The predicted octanol–water partition coefficient (Wildman–Crippen LogP) is 2.58. The van der Waals surface area contributed by atoms with Crippen molar-refractivity contribution in [1.29, 1.82) is 0 Å². The highest BCUT2D eigenvalue weighted by molar-refractivity contribution is 5.95. The number of aromatic nitrogens is 3. The molecule has 0 spiro atoms. The van der Waals surface area contributed by atoms with Crippen molar-refractivity contribution in [3.8, 4) is 0 Å². The molecule has 0 radical (unpaired) electrons. The van der Waals surface area contributed by atoms with Gasteiger partial charge in [-0.15, -0.1) is 0 Å². The molecule has 1 saturated heterocycles. The van der Waals surface area contributed by atoms with Crippen molar-refractivity contribution in [3.05, 3.63) is 51.5 Å². The molecule has 2 aromatic rings. The molecule has 0 bridgehead atoms. The van der Waals surface area contributed by atoms with Gasteiger partial charge in [0.2, 0.25) is 0 Å². The third-order valence-electron chi connectivity index (χ3n) is 5.08. The first-order valence-electron chi connectivity index (χ1n) is 8.96. The van der Waals surface area contributed by atoms with Crippen LogP contribution in [0.1, 0.15) is 53.3 Å². The number of likely N-dealkylation sites (tertiary alicyclic amines) is 1. The summed E-state index contributed by atoms with van der Waals surface area (Å²) in [5.41, 5.74) is 1.54. The Kier molecular flexibility index (Phi) is 5.06. The third kappa shape index (κ3) is 3.67. The molecule has 1 fully saturated rings. The van der Waals surface area contributed by atoms with Crippen molar-refractivity contribution in [1.82, 2.24) is 19.4 Å². The lowest BCUT2D eigenvalue weighted by Gasteiger charge is -2.36. The van der Waals surface area contributed by atoms with Gasteiger partial charge in [-0.1, -0.05) is 0 Å². The van der Waals surface area contributed by atoms with Gasteiger partial charge in [0.15, 0.2) is 5.43 Å². The highest BCUT2D eigenvalue weighted by Gasteiger charge is 2.29. The molecule has 0 aliphatic carbocycles. The molecule has 1 amide bonds. The summed E-state index contributed by atoms with van der Waals surface area (Å²) in [5, 5.41) is 0. The number of aryl methyl sites for hydroxylation is 4. The number of H-pyrrole nitrogens is 1. The van der Waals surface area contributed by atoms with E-state index in [9.17, 15) is 9.59 Å². The van der Waals surface area contributed by atoms with Gasteiger partial charge < -0.3 is 14.5 Å². The zero-order chi connectivity index (χ0) is 18.0. The lowest BCUT2D eigenvalue weighted by molar-refractivity contribution is 0.0592. The SMILES string of the molecule is Cc1cc(=O)c(C(=O)N2CCCC[C@H]2CCn2ccnc2C)c(C)[nH]1. The number of piperidine rings is 1. The van der Waals surface area contributed by atoms with E-state index in [2.05, 4.69) is 14.5 Å². The Labute approximate surface area is 147 Å². The molecule has 3 heterocycles. The fourth-order valence-corrected chi connectivity index (χ4v) is 3.75. The monoisotopic (exact) mass is 342 g/mol. The Bertz CT molecular complexity index is 821. The quantitative estimate of drug-likeness (QED) is 0.928. The van der Waals surface area contributed by atoms with Crippen molar-refractivity contribution < 1.29 is 4.79 Å². The van der Waals surface area contributed by atoms with Crippen molar-refractivity contribution in [2.75, 3.05) is 6.54 Å². The summed E-state index contributed by atoms with van der Waals surface area (Å²) in [7, 11) is 0. The zero-order valence-corrected chi connectivity index (χ0v) is 15.2. The number of pyridine rings is 1. The Morgan fingerprint density at radius 1 is 1.32 bits per heavy atom. The van der Waals surface area contributed by atoms with Gasteiger partial charge in [-0.05, 0) is 46.5 Å². The summed E-state index contributed by atoms with van der Waals surface area (Å²) < 4.78 is 2.11. The second-order valence-corrected chi connectivity index (χ2v) is 6.92. The average molecular weight is 342 g/mol. The number of imidazole rings is 1.